The maximum atomic E-state index is 13.3. The van der Waals surface area contributed by atoms with Crippen LogP contribution in [-0.4, -0.2) is 40.2 Å². The molecule has 1 amide bonds. The summed E-state index contributed by atoms with van der Waals surface area (Å²) in [6.07, 6.45) is 5.77. The summed E-state index contributed by atoms with van der Waals surface area (Å²) < 4.78 is 2.09. The van der Waals surface area contributed by atoms with Crippen LogP contribution in [0.4, 0.5) is 11.4 Å². The lowest BCUT2D eigenvalue weighted by Gasteiger charge is -2.28. The molecule has 0 radical (unpaired) electrons. The molecule has 0 unspecified atom stereocenters. The fourth-order valence-corrected chi connectivity index (χ4v) is 6.53. The van der Waals surface area contributed by atoms with Crippen LogP contribution in [0.2, 0.25) is 10.0 Å². The lowest BCUT2D eigenvalue weighted by Crippen LogP contribution is -2.29. The molecule has 1 aromatic heterocycles. The summed E-state index contributed by atoms with van der Waals surface area (Å²) in [4.78, 5) is 22.9. The number of piperidine rings is 1. The number of aryl methyl sites for hydroxylation is 1. The highest BCUT2D eigenvalue weighted by molar-refractivity contribution is 8.18. The normalized spacial score (nSPS) is 18.5. The van der Waals surface area contributed by atoms with Crippen molar-refractivity contribution in [3.05, 3.63) is 80.4 Å². The molecule has 3 aromatic rings. The summed E-state index contributed by atoms with van der Waals surface area (Å²) in [5, 5.41) is 1.89. The number of aliphatic imine (C=N–C) groups is 1. The molecule has 2 saturated heterocycles. The van der Waals surface area contributed by atoms with Crippen molar-refractivity contribution in [1.82, 2.24) is 9.47 Å². The molecule has 37 heavy (non-hydrogen) atoms. The molecule has 192 valence electrons. The summed E-state index contributed by atoms with van der Waals surface area (Å²) in [6, 6.07) is 15.9. The third-order valence-corrected chi connectivity index (χ3v) is 8.45. The van der Waals surface area contributed by atoms with Crippen molar-refractivity contribution in [3.8, 4) is 5.69 Å². The van der Waals surface area contributed by atoms with Crippen LogP contribution in [0.1, 0.15) is 43.1 Å². The van der Waals surface area contributed by atoms with E-state index in [1.54, 1.807) is 11.0 Å². The zero-order valence-electron chi connectivity index (χ0n) is 21.3. The van der Waals surface area contributed by atoms with Gasteiger partial charge in [-0.2, -0.15) is 0 Å². The molecule has 0 aliphatic carbocycles. The third kappa shape index (κ3) is 5.33. The Kier molecular flexibility index (Phi) is 7.70. The number of anilines is 1. The second kappa shape index (κ2) is 11.0. The summed E-state index contributed by atoms with van der Waals surface area (Å²) >= 11 is 14.0. The van der Waals surface area contributed by atoms with Gasteiger partial charge in [0.15, 0.2) is 5.17 Å². The van der Waals surface area contributed by atoms with E-state index in [0.29, 0.717) is 26.7 Å². The predicted molar refractivity (Wildman–Crippen MR) is 158 cm³/mol. The molecule has 0 bridgehead atoms. The van der Waals surface area contributed by atoms with Crippen LogP contribution in [0.5, 0.6) is 0 Å². The Hall–Kier alpha value is -2.67. The van der Waals surface area contributed by atoms with Crippen LogP contribution >= 0.6 is 35.0 Å². The molecular weight excluding hydrogens is 523 g/mol. The maximum absolute atomic E-state index is 13.3. The lowest BCUT2D eigenvalue weighted by atomic mass is 10.1. The van der Waals surface area contributed by atoms with Gasteiger partial charge in [0.05, 0.1) is 21.3 Å². The minimum atomic E-state index is -0.0227. The first kappa shape index (κ1) is 26.0. The Morgan fingerprint density at radius 1 is 1.00 bits per heavy atom. The molecule has 2 aliphatic heterocycles. The number of nitrogens with zero attached hydrogens (tertiary/aromatic N) is 4. The van der Waals surface area contributed by atoms with Gasteiger partial charge in [-0.05, 0) is 112 Å². The number of amidine groups is 1. The van der Waals surface area contributed by atoms with Crippen molar-refractivity contribution in [3.63, 3.8) is 0 Å². The van der Waals surface area contributed by atoms with E-state index in [-0.39, 0.29) is 5.91 Å². The van der Waals surface area contributed by atoms with Gasteiger partial charge in [0.25, 0.3) is 5.91 Å². The number of benzene rings is 2. The SMILES string of the molecule is CCN1C(=O)/C(=C/c2cc(C)n(-c3ccc(Cl)cc3Cl)c2C)SC1=Nc1ccc(N2CCCCC2)cc1. The van der Waals surface area contributed by atoms with Gasteiger partial charge in [0.2, 0.25) is 0 Å². The Morgan fingerprint density at radius 3 is 2.41 bits per heavy atom. The number of aromatic nitrogens is 1. The molecular formula is C29H30Cl2N4OS. The fourth-order valence-electron chi connectivity index (χ4n) is 4.98. The number of likely N-dealkylation sites (N-methyl/N-ethyl adjacent to an activating group) is 1. The van der Waals surface area contributed by atoms with E-state index in [9.17, 15) is 4.79 Å². The van der Waals surface area contributed by atoms with Crippen molar-refractivity contribution in [2.75, 3.05) is 24.5 Å². The average molecular weight is 554 g/mol. The van der Waals surface area contributed by atoms with Gasteiger partial charge in [-0.15, -0.1) is 0 Å². The first-order valence-corrected chi connectivity index (χ1v) is 14.2. The number of rotatable bonds is 5. The number of hydrogen-bond acceptors (Lipinski definition) is 4. The van der Waals surface area contributed by atoms with Crippen molar-refractivity contribution < 1.29 is 4.79 Å². The second-order valence-corrected chi connectivity index (χ2v) is 11.2. The summed E-state index contributed by atoms with van der Waals surface area (Å²) in [6.45, 7) is 8.83. The molecule has 0 N–H and O–H groups in total. The van der Waals surface area contributed by atoms with Crippen molar-refractivity contribution in [1.29, 1.82) is 0 Å². The predicted octanol–water partition coefficient (Wildman–Crippen LogP) is 8.02. The summed E-state index contributed by atoms with van der Waals surface area (Å²) in [5.41, 5.74) is 5.96. The zero-order valence-corrected chi connectivity index (χ0v) is 23.6. The van der Waals surface area contributed by atoms with E-state index in [1.807, 2.05) is 51.1 Å². The zero-order chi connectivity index (χ0) is 26.1. The Morgan fingerprint density at radius 2 is 1.73 bits per heavy atom. The van der Waals surface area contributed by atoms with Gasteiger partial charge in [-0.1, -0.05) is 23.2 Å². The van der Waals surface area contributed by atoms with Gasteiger partial charge in [-0.25, -0.2) is 4.99 Å². The van der Waals surface area contributed by atoms with Crippen LogP contribution in [0.25, 0.3) is 11.8 Å². The van der Waals surface area contributed by atoms with Gasteiger partial charge in [0.1, 0.15) is 0 Å². The van der Waals surface area contributed by atoms with Crippen molar-refractivity contribution in [2.24, 2.45) is 4.99 Å². The number of thioether (sulfide) groups is 1. The van der Waals surface area contributed by atoms with Crippen LogP contribution < -0.4 is 4.90 Å². The molecule has 0 atom stereocenters. The molecule has 2 fully saturated rings. The van der Waals surface area contributed by atoms with Gasteiger partial charge < -0.3 is 9.47 Å². The molecule has 5 nitrogen and oxygen atoms in total. The number of carbonyl (C=O) groups is 1. The minimum Gasteiger partial charge on any atom is -0.372 e. The Balaban J connectivity index is 1.42. The van der Waals surface area contributed by atoms with Crippen LogP contribution in [-0.2, 0) is 4.79 Å². The number of carbonyl (C=O) groups excluding carboxylic acids is 1. The monoisotopic (exact) mass is 552 g/mol. The van der Waals surface area contributed by atoms with Crippen LogP contribution in [0.15, 0.2) is 58.4 Å². The summed E-state index contributed by atoms with van der Waals surface area (Å²) in [5.74, 6) is -0.0227. The molecule has 0 saturated carbocycles. The Bertz CT molecular complexity index is 1390. The smallest absolute Gasteiger partial charge is 0.266 e. The fraction of sp³-hybridized carbons (Fsp3) is 0.310. The topological polar surface area (TPSA) is 40.8 Å². The summed E-state index contributed by atoms with van der Waals surface area (Å²) in [7, 11) is 0. The number of hydrogen-bond donors (Lipinski definition) is 0. The van der Waals surface area contributed by atoms with Gasteiger partial charge >= 0.3 is 0 Å². The van der Waals surface area contributed by atoms with Crippen LogP contribution in [0, 0.1) is 13.8 Å². The molecule has 3 heterocycles. The van der Waals surface area contributed by atoms with E-state index < -0.39 is 0 Å². The van der Waals surface area contributed by atoms with E-state index >= 15 is 0 Å². The molecule has 5 rings (SSSR count). The molecule has 2 aliphatic rings. The third-order valence-electron chi connectivity index (χ3n) is 6.91. The quantitative estimate of drug-likeness (QED) is 0.301. The largest absolute Gasteiger partial charge is 0.372 e. The van der Waals surface area contributed by atoms with Crippen molar-refractivity contribution in [2.45, 2.75) is 40.0 Å². The number of amides is 1. The minimum absolute atomic E-state index is 0.0227. The lowest BCUT2D eigenvalue weighted by molar-refractivity contribution is -0.122. The molecule has 0 spiro atoms. The second-order valence-electron chi connectivity index (χ2n) is 9.38. The van der Waals surface area contributed by atoms with Gasteiger partial charge in [-0.3, -0.25) is 9.69 Å². The van der Waals surface area contributed by atoms with Gasteiger partial charge in [0, 0.05) is 41.7 Å². The highest BCUT2D eigenvalue weighted by atomic mass is 35.5. The average Bonchev–Trinajstić information content (AvgIpc) is 3.34. The number of halogens is 2. The van der Waals surface area contributed by atoms with Crippen molar-refractivity contribution >= 4 is 63.5 Å². The molecule has 8 heteroatoms. The first-order chi connectivity index (χ1) is 17.9. The van der Waals surface area contributed by atoms with E-state index in [1.165, 1.54) is 36.7 Å². The van der Waals surface area contributed by atoms with E-state index in [2.05, 4.69) is 27.7 Å². The standard InChI is InChI=1S/C29H30Cl2N4OS/c1-4-34-28(36)27(17-21-16-19(2)35(20(21)3)26-13-8-22(30)18-25(26)31)37-29(34)32-23-9-11-24(12-10-23)33-14-6-5-7-15-33/h8-13,16-18H,4-7,14-15H2,1-3H3/b27-17-,32-29?. The van der Waals surface area contributed by atoms with Crippen LogP contribution in [0.3, 0.4) is 0 Å². The van der Waals surface area contributed by atoms with E-state index in [0.717, 1.165) is 41.4 Å². The highest BCUT2D eigenvalue weighted by Crippen LogP contribution is 2.36. The maximum Gasteiger partial charge on any atom is 0.266 e. The first-order valence-electron chi connectivity index (χ1n) is 12.6. The Labute approximate surface area is 232 Å². The highest BCUT2D eigenvalue weighted by Gasteiger charge is 2.32. The molecule has 2 aromatic carbocycles. The van der Waals surface area contributed by atoms with E-state index in [4.69, 9.17) is 28.2 Å².